The Labute approximate surface area is 148 Å². The summed E-state index contributed by atoms with van der Waals surface area (Å²) in [5.41, 5.74) is 6.93. The van der Waals surface area contributed by atoms with Gasteiger partial charge in [-0.05, 0) is 61.8 Å². The number of benzene rings is 1. The molecule has 1 atom stereocenters. The van der Waals surface area contributed by atoms with Crippen molar-refractivity contribution in [3.8, 4) is 0 Å². The van der Waals surface area contributed by atoms with Crippen LogP contribution in [0.25, 0.3) is 0 Å². The van der Waals surface area contributed by atoms with Crippen molar-refractivity contribution in [3.05, 3.63) is 40.5 Å². The lowest BCUT2D eigenvalue weighted by Crippen LogP contribution is -2.33. The first-order valence-electron chi connectivity index (χ1n) is 9.14. The van der Waals surface area contributed by atoms with Gasteiger partial charge in [0.05, 0.1) is 13.1 Å². The van der Waals surface area contributed by atoms with E-state index in [1.807, 2.05) is 6.07 Å². The molecule has 0 spiro atoms. The maximum absolute atomic E-state index is 12.2. The summed E-state index contributed by atoms with van der Waals surface area (Å²) >= 11 is 0. The Morgan fingerprint density at radius 1 is 1.20 bits per heavy atom. The lowest BCUT2D eigenvalue weighted by atomic mass is 9.98. The zero-order valence-electron chi connectivity index (χ0n) is 14.6. The number of nitrogens with one attached hydrogen (secondary N) is 1. The number of fused-ring (bicyclic) bond motifs is 1. The molecule has 0 saturated carbocycles. The fourth-order valence-corrected chi connectivity index (χ4v) is 4.18. The largest absolute Gasteiger partial charge is 0.442 e. The number of ether oxygens (including phenoxy) is 1. The molecular formula is C20H24N2O3. The minimum absolute atomic E-state index is 0.111. The highest BCUT2D eigenvalue weighted by molar-refractivity contribution is 5.90. The van der Waals surface area contributed by atoms with Gasteiger partial charge in [-0.25, -0.2) is 4.79 Å². The number of hydrogen-bond acceptors (Lipinski definition) is 3. The average Bonchev–Trinajstić information content (AvgIpc) is 3.14. The van der Waals surface area contributed by atoms with E-state index in [1.54, 1.807) is 16.0 Å². The molecule has 1 saturated heterocycles. The van der Waals surface area contributed by atoms with Gasteiger partial charge in [-0.3, -0.25) is 9.69 Å². The van der Waals surface area contributed by atoms with Crippen LogP contribution in [-0.2, 0) is 22.4 Å². The predicted octanol–water partition coefficient (Wildman–Crippen LogP) is 3.12. The van der Waals surface area contributed by atoms with Gasteiger partial charge in [0, 0.05) is 12.6 Å². The second kappa shape index (κ2) is 6.54. The Hall–Kier alpha value is -2.30. The molecule has 0 radical (unpaired) electrons. The predicted molar refractivity (Wildman–Crippen MR) is 95.6 cm³/mol. The van der Waals surface area contributed by atoms with E-state index in [9.17, 15) is 9.59 Å². The minimum Gasteiger partial charge on any atom is -0.442 e. The molecule has 1 aromatic rings. The third-order valence-corrected chi connectivity index (χ3v) is 5.51. The van der Waals surface area contributed by atoms with E-state index in [0.717, 1.165) is 18.5 Å². The fraction of sp³-hybridized carbons (Fsp3) is 0.500. The van der Waals surface area contributed by atoms with E-state index >= 15 is 0 Å². The Kier molecular flexibility index (Phi) is 4.24. The highest BCUT2D eigenvalue weighted by atomic mass is 16.6. The first kappa shape index (κ1) is 16.2. The molecule has 1 heterocycles. The Morgan fingerprint density at radius 2 is 2.04 bits per heavy atom. The molecule has 2 amide bonds. The second-order valence-electron chi connectivity index (χ2n) is 7.24. The number of aryl methyl sites for hydroxylation is 1. The number of hydrogen-bond donors (Lipinski definition) is 1. The van der Waals surface area contributed by atoms with E-state index in [2.05, 4.69) is 17.4 Å². The minimum atomic E-state index is -0.329. The van der Waals surface area contributed by atoms with Crippen molar-refractivity contribution in [2.75, 3.05) is 18.0 Å². The Bertz CT molecular complexity index is 753. The Morgan fingerprint density at radius 3 is 2.88 bits per heavy atom. The number of carbonyl (C=O) groups is 2. The number of rotatable bonds is 3. The van der Waals surface area contributed by atoms with Crippen LogP contribution in [-0.4, -0.2) is 31.2 Å². The summed E-state index contributed by atoms with van der Waals surface area (Å²) < 4.78 is 5.38. The topological polar surface area (TPSA) is 58.6 Å². The van der Waals surface area contributed by atoms with Crippen molar-refractivity contribution in [3.63, 3.8) is 0 Å². The summed E-state index contributed by atoms with van der Waals surface area (Å²) in [6.45, 7) is 2.30. The summed E-state index contributed by atoms with van der Waals surface area (Å²) in [4.78, 5) is 25.0. The summed E-state index contributed by atoms with van der Waals surface area (Å²) in [6.07, 6.45) is 6.47. The number of cyclic esters (lactones) is 1. The quantitative estimate of drug-likeness (QED) is 0.860. The van der Waals surface area contributed by atoms with Gasteiger partial charge in [-0.15, -0.1) is 0 Å². The zero-order chi connectivity index (χ0) is 17.4. The molecule has 1 fully saturated rings. The highest BCUT2D eigenvalue weighted by Crippen LogP contribution is 2.37. The highest BCUT2D eigenvalue weighted by Gasteiger charge is 2.33. The van der Waals surface area contributed by atoms with Crippen LogP contribution in [0.5, 0.6) is 0 Å². The SMILES string of the molecule is CC(=O)NC[C@H]1CN(c2ccc3c(c2)CC2=C(CCC2)CC3)C(=O)O1. The molecule has 4 rings (SSSR count). The molecule has 132 valence electrons. The van der Waals surface area contributed by atoms with Gasteiger partial charge in [0.2, 0.25) is 5.91 Å². The first-order valence-corrected chi connectivity index (χ1v) is 9.14. The maximum atomic E-state index is 12.2. The molecule has 1 N–H and O–H groups in total. The molecule has 1 aliphatic heterocycles. The van der Waals surface area contributed by atoms with Crippen molar-refractivity contribution in [1.82, 2.24) is 5.32 Å². The molecule has 0 bridgehead atoms. The molecule has 1 aromatic carbocycles. The second-order valence-corrected chi connectivity index (χ2v) is 7.24. The monoisotopic (exact) mass is 340 g/mol. The molecule has 0 aromatic heterocycles. The van der Waals surface area contributed by atoms with Gasteiger partial charge < -0.3 is 10.1 Å². The van der Waals surface area contributed by atoms with Crippen molar-refractivity contribution in [2.45, 2.75) is 51.6 Å². The number of carbonyl (C=O) groups excluding carboxylic acids is 2. The number of allylic oxidation sites excluding steroid dienone is 2. The number of amides is 2. The molecule has 3 aliphatic rings. The molecular weight excluding hydrogens is 316 g/mol. The summed E-state index contributed by atoms with van der Waals surface area (Å²) in [5, 5.41) is 2.71. The molecule has 0 unspecified atom stereocenters. The fourth-order valence-electron chi connectivity index (χ4n) is 4.18. The van der Waals surface area contributed by atoms with Gasteiger partial charge in [-0.1, -0.05) is 17.2 Å². The van der Waals surface area contributed by atoms with Gasteiger partial charge in [0.25, 0.3) is 0 Å². The summed E-state index contributed by atoms with van der Waals surface area (Å²) in [7, 11) is 0. The number of anilines is 1. The molecule has 2 aliphatic carbocycles. The zero-order valence-corrected chi connectivity index (χ0v) is 14.6. The third kappa shape index (κ3) is 3.28. The van der Waals surface area contributed by atoms with Gasteiger partial charge >= 0.3 is 6.09 Å². The van der Waals surface area contributed by atoms with Crippen molar-refractivity contribution in [2.24, 2.45) is 0 Å². The third-order valence-electron chi connectivity index (χ3n) is 5.51. The van der Waals surface area contributed by atoms with E-state index in [-0.39, 0.29) is 18.1 Å². The van der Waals surface area contributed by atoms with Crippen LogP contribution < -0.4 is 10.2 Å². The van der Waals surface area contributed by atoms with Gasteiger partial charge in [-0.2, -0.15) is 0 Å². The van der Waals surface area contributed by atoms with Gasteiger partial charge in [0.15, 0.2) is 0 Å². The summed E-state index contributed by atoms with van der Waals surface area (Å²) in [5.74, 6) is -0.111. The van der Waals surface area contributed by atoms with Crippen molar-refractivity contribution < 1.29 is 14.3 Å². The standard InChI is InChI=1S/C20H24N2O3/c1-13(23)21-11-19-12-22(20(24)25-19)18-8-7-15-6-5-14-3-2-4-16(14)9-17(15)10-18/h7-8,10,19H,2-6,9,11-12H2,1H3,(H,21,23)/t19-/m0/s1. The lowest BCUT2D eigenvalue weighted by Gasteiger charge is -2.16. The van der Waals surface area contributed by atoms with Crippen LogP contribution >= 0.6 is 0 Å². The summed E-state index contributed by atoms with van der Waals surface area (Å²) in [6, 6.07) is 6.35. The van der Waals surface area contributed by atoms with Crippen LogP contribution in [0.4, 0.5) is 10.5 Å². The van der Waals surface area contributed by atoms with Gasteiger partial charge in [0.1, 0.15) is 6.10 Å². The van der Waals surface area contributed by atoms with E-state index in [1.165, 1.54) is 43.7 Å². The van der Waals surface area contributed by atoms with Crippen molar-refractivity contribution >= 4 is 17.7 Å². The number of nitrogens with zero attached hydrogens (tertiary/aromatic N) is 1. The average molecular weight is 340 g/mol. The van der Waals surface area contributed by atoms with E-state index in [4.69, 9.17) is 4.74 Å². The molecule has 25 heavy (non-hydrogen) atoms. The van der Waals surface area contributed by atoms with Crippen LogP contribution in [0.1, 0.15) is 43.7 Å². The lowest BCUT2D eigenvalue weighted by molar-refractivity contribution is -0.119. The van der Waals surface area contributed by atoms with E-state index in [0.29, 0.717) is 13.1 Å². The maximum Gasteiger partial charge on any atom is 0.414 e. The first-order chi connectivity index (χ1) is 12.1. The van der Waals surface area contributed by atoms with Crippen LogP contribution in [0.15, 0.2) is 29.3 Å². The Balaban J connectivity index is 1.52. The van der Waals surface area contributed by atoms with Crippen LogP contribution in [0, 0.1) is 0 Å². The van der Waals surface area contributed by atoms with Crippen molar-refractivity contribution in [1.29, 1.82) is 0 Å². The normalized spacial score (nSPS) is 22.4. The molecule has 5 nitrogen and oxygen atoms in total. The molecule has 5 heteroatoms. The van der Waals surface area contributed by atoms with E-state index < -0.39 is 0 Å². The smallest absolute Gasteiger partial charge is 0.414 e. The van der Waals surface area contributed by atoms with Crippen LogP contribution in [0.2, 0.25) is 0 Å². The van der Waals surface area contributed by atoms with Crippen LogP contribution in [0.3, 0.4) is 0 Å².